The lowest BCUT2D eigenvalue weighted by Crippen LogP contribution is -2.11. The van der Waals surface area contributed by atoms with Gasteiger partial charge in [-0.05, 0) is 28.1 Å². The van der Waals surface area contributed by atoms with Crippen LogP contribution in [0.2, 0.25) is 0 Å². The number of hydrazine groups is 1. The fraction of sp³-hybridized carbons (Fsp3) is 0.231. The number of anilines is 1. The second kappa shape index (κ2) is 5.99. The standard InChI is InChI=1S/C13H15BrN4O/c1-8(2)13-16-11(18-15)7-12(17-13)19-10-6-4-3-5-9(10)14/h3-8H,15H2,1-2H3,(H,16,17,18). The highest BCUT2D eigenvalue weighted by Crippen LogP contribution is 2.29. The summed E-state index contributed by atoms with van der Waals surface area (Å²) in [5, 5.41) is 0. The quantitative estimate of drug-likeness (QED) is 0.666. The zero-order valence-corrected chi connectivity index (χ0v) is 12.3. The lowest BCUT2D eigenvalue weighted by atomic mass is 10.2. The zero-order chi connectivity index (χ0) is 13.8. The molecule has 0 unspecified atom stereocenters. The van der Waals surface area contributed by atoms with Gasteiger partial charge in [0.15, 0.2) is 0 Å². The maximum absolute atomic E-state index is 5.75. The Morgan fingerprint density at radius 3 is 2.63 bits per heavy atom. The van der Waals surface area contributed by atoms with Gasteiger partial charge in [-0.2, -0.15) is 4.98 Å². The molecule has 1 heterocycles. The van der Waals surface area contributed by atoms with E-state index in [1.54, 1.807) is 6.07 Å². The SMILES string of the molecule is CC(C)c1nc(NN)cc(Oc2ccccc2Br)n1. The Balaban J connectivity index is 2.34. The molecule has 100 valence electrons. The van der Waals surface area contributed by atoms with Gasteiger partial charge in [0.25, 0.3) is 0 Å². The number of nitrogens with zero attached hydrogens (tertiary/aromatic N) is 2. The van der Waals surface area contributed by atoms with Crippen LogP contribution in [0.4, 0.5) is 5.82 Å². The number of benzene rings is 1. The molecule has 1 aromatic carbocycles. The maximum Gasteiger partial charge on any atom is 0.224 e. The molecule has 0 amide bonds. The van der Waals surface area contributed by atoms with Gasteiger partial charge in [-0.3, -0.25) is 0 Å². The Morgan fingerprint density at radius 1 is 1.26 bits per heavy atom. The summed E-state index contributed by atoms with van der Waals surface area (Å²) in [7, 11) is 0. The average Bonchev–Trinajstić information content (AvgIpc) is 2.41. The molecular formula is C13H15BrN4O. The van der Waals surface area contributed by atoms with Crippen LogP contribution >= 0.6 is 15.9 Å². The third-order valence-corrected chi connectivity index (χ3v) is 3.09. The van der Waals surface area contributed by atoms with E-state index in [0.29, 0.717) is 23.3 Å². The van der Waals surface area contributed by atoms with E-state index in [9.17, 15) is 0 Å². The van der Waals surface area contributed by atoms with Crippen molar-refractivity contribution >= 4 is 21.7 Å². The molecule has 3 N–H and O–H groups in total. The van der Waals surface area contributed by atoms with E-state index < -0.39 is 0 Å². The molecule has 1 aromatic heterocycles. The minimum atomic E-state index is 0.190. The molecular weight excluding hydrogens is 308 g/mol. The molecule has 0 aliphatic carbocycles. The van der Waals surface area contributed by atoms with Crippen LogP contribution in [0.1, 0.15) is 25.6 Å². The number of ether oxygens (including phenoxy) is 1. The fourth-order valence-electron chi connectivity index (χ4n) is 1.47. The van der Waals surface area contributed by atoms with Crippen LogP contribution < -0.4 is 16.0 Å². The van der Waals surface area contributed by atoms with E-state index in [-0.39, 0.29) is 5.92 Å². The van der Waals surface area contributed by atoms with Crippen molar-refractivity contribution in [3.05, 3.63) is 40.6 Å². The van der Waals surface area contributed by atoms with Gasteiger partial charge in [0.2, 0.25) is 5.88 Å². The van der Waals surface area contributed by atoms with Crippen molar-refractivity contribution in [1.82, 2.24) is 9.97 Å². The number of hydrogen-bond acceptors (Lipinski definition) is 5. The molecule has 0 spiro atoms. The van der Waals surface area contributed by atoms with Gasteiger partial charge in [-0.25, -0.2) is 10.8 Å². The second-order valence-electron chi connectivity index (χ2n) is 4.28. The summed E-state index contributed by atoms with van der Waals surface area (Å²) in [4.78, 5) is 8.64. The summed E-state index contributed by atoms with van der Waals surface area (Å²) in [5.74, 6) is 7.95. The van der Waals surface area contributed by atoms with Crippen molar-refractivity contribution in [2.24, 2.45) is 5.84 Å². The Morgan fingerprint density at radius 2 is 2.00 bits per heavy atom. The first kappa shape index (κ1) is 13.8. The highest BCUT2D eigenvalue weighted by atomic mass is 79.9. The predicted molar refractivity (Wildman–Crippen MR) is 78.1 cm³/mol. The van der Waals surface area contributed by atoms with Crippen LogP contribution in [0, 0.1) is 0 Å². The van der Waals surface area contributed by atoms with Gasteiger partial charge in [0.05, 0.1) is 4.47 Å². The summed E-state index contributed by atoms with van der Waals surface area (Å²) in [5.41, 5.74) is 2.52. The Labute approximate surface area is 120 Å². The van der Waals surface area contributed by atoms with E-state index in [1.165, 1.54) is 0 Å². The van der Waals surface area contributed by atoms with Crippen molar-refractivity contribution in [3.8, 4) is 11.6 Å². The molecule has 2 aromatic rings. The van der Waals surface area contributed by atoms with Gasteiger partial charge in [0.1, 0.15) is 17.4 Å². The van der Waals surface area contributed by atoms with Gasteiger partial charge < -0.3 is 10.2 Å². The van der Waals surface area contributed by atoms with Crippen molar-refractivity contribution in [2.45, 2.75) is 19.8 Å². The number of halogens is 1. The normalized spacial score (nSPS) is 10.6. The van der Waals surface area contributed by atoms with E-state index >= 15 is 0 Å². The molecule has 0 saturated carbocycles. The van der Waals surface area contributed by atoms with E-state index in [1.807, 2.05) is 38.1 Å². The molecule has 0 bridgehead atoms. The first-order valence-electron chi connectivity index (χ1n) is 5.88. The number of aromatic nitrogens is 2. The smallest absolute Gasteiger partial charge is 0.224 e. The van der Waals surface area contributed by atoms with Gasteiger partial charge in [-0.1, -0.05) is 26.0 Å². The topological polar surface area (TPSA) is 73.1 Å². The summed E-state index contributed by atoms with van der Waals surface area (Å²) in [6.07, 6.45) is 0. The molecule has 0 aliphatic rings. The highest BCUT2D eigenvalue weighted by Gasteiger charge is 2.10. The number of para-hydroxylation sites is 1. The Bertz CT molecular complexity index is 574. The van der Waals surface area contributed by atoms with Crippen molar-refractivity contribution in [1.29, 1.82) is 0 Å². The molecule has 0 fully saturated rings. The minimum Gasteiger partial charge on any atom is -0.438 e. The number of nitrogens with two attached hydrogens (primary N) is 1. The first-order valence-corrected chi connectivity index (χ1v) is 6.67. The fourth-order valence-corrected chi connectivity index (χ4v) is 1.83. The van der Waals surface area contributed by atoms with Crippen LogP contribution in [0.25, 0.3) is 0 Å². The zero-order valence-electron chi connectivity index (χ0n) is 10.7. The van der Waals surface area contributed by atoms with Crippen molar-refractivity contribution < 1.29 is 4.74 Å². The molecule has 0 aliphatic heterocycles. The molecule has 0 saturated heterocycles. The van der Waals surface area contributed by atoms with Gasteiger partial charge in [0, 0.05) is 12.0 Å². The predicted octanol–water partition coefficient (Wildman–Crippen LogP) is 3.44. The summed E-state index contributed by atoms with van der Waals surface area (Å²) in [6.45, 7) is 4.02. The van der Waals surface area contributed by atoms with Crippen LogP contribution in [0.3, 0.4) is 0 Å². The summed E-state index contributed by atoms with van der Waals surface area (Å²) in [6, 6.07) is 9.24. The molecule has 0 atom stereocenters. The average molecular weight is 323 g/mol. The maximum atomic E-state index is 5.75. The summed E-state index contributed by atoms with van der Waals surface area (Å²) < 4.78 is 6.61. The molecule has 0 radical (unpaired) electrons. The van der Waals surface area contributed by atoms with Crippen LogP contribution in [-0.4, -0.2) is 9.97 Å². The molecule has 5 nitrogen and oxygen atoms in total. The lowest BCUT2D eigenvalue weighted by molar-refractivity contribution is 0.454. The third kappa shape index (κ3) is 3.42. The largest absolute Gasteiger partial charge is 0.438 e. The Kier molecular flexibility index (Phi) is 4.34. The number of hydrogen-bond donors (Lipinski definition) is 2. The second-order valence-corrected chi connectivity index (χ2v) is 5.14. The van der Waals surface area contributed by atoms with E-state index in [0.717, 1.165) is 4.47 Å². The highest BCUT2D eigenvalue weighted by molar-refractivity contribution is 9.10. The van der Waals surface area contributed by atoms with Crippen molar-refractivity contribution in [3.63, 3.8) is 0 Å². The van der Waals surface area contributed by atoms with Crippen LogP contribution in [-0.2, 0) is 0 Å². The molecule has 19 heavy (non-hydrogen) atoms. The monoisotopic (exact) mass is 322 g/mol. The van der Waals surface area contributed by atoms with Gasteiger partial charge >= 0.3 is 0 Å². The first-order chi connectivity index (χ1) is 9.10. The van der Waals surface area contributed by atoms with Crippen LogP contribution in [0.15, 0.2) is 34.8 Å². The van der Waals surface area contributed by atoms with E-state index in [2.05, 4.69) is 31.3 Å². The van der Waals surface area contributed by atoms with E-state index in [4.69, 9.17) is 10.6 Å². The third-order valence-electron chi connectivity index (χ3n) is 2.44. The number of nitrogens with one attached hydrogen (secondary N) is 1. The number of nitrogen functional groups attached to an aromatic ring is 1. The molecule has 2 rings (SSSR count). The van der Waals surface area contributed by atoms with Gasteiger partial charge in [-0.15, -0.1) is 0 Å². The lowest BCUT2D eigenvalue weighted by Gasteiger charge is -2.11. The number of rotatable bonds is 4. The molecule has 6 heteroatoms. The summed E-state index contributed by atoms with van der Waals surface area (Å²) >= 11 is 3.43. The Hall–Kier alpha value is -1.66. The van der Waals surface area contributed by atoms with Crippen molar-refractivity contribution in [2.75, 3.05) is 5.43 Å². The minimum absolute atomic E-state index is 0.190. The van der Waals surface area contributed by atoms with Crippen LogP contribution in [0.5, 0.6) is 11.6 Å².